The first-order valence-corrected chi connectivity index (χ1v) is 16.5. The van der Waals surface area contributed by atoms with Crippen molar-refractivity contribution in [2.45, 2.75) is 168 Å². The molecule has 0 spiro atoms. The summed E-state index contributed by atoms with van der Waals surface area (Å²) in [5.41, 5.74) is 1.30. The van der Waals surface area contributed by atoms with Crippen LogP contribution in [0.4, 0.5) is 0 Å². The third kappa shape index (κ3) is 14.8. The van der Waals surface area contributed by atoms with Crippen LogP contribution in [0, 0.1) is 0 Å². The minimum Gasteiger partial charge on any atom is -0.234 e. The molecular formula is C35H61N2+. The van der Waals surface area contributed by atoms with Crippen LogP contribution >= 0.6 is 0 Å². The summed E-state index contributed by atoms with van der Waals surface area (Å²) in [4.78, 5) is 0. The van der Waals surface area contributed by atoms with E-state index in [4.69, 9.17) is 0 Å². The smallest absolute Gasteiger partial charge is 0.234 e. The van der Waals surface area contributed by atoms with E-state index in [0.29, 0.717) is 0 Å². The van der Waals surface area contributed by atoms with Gasteiger partial charge in [0.2, 0.25) is 0 Å². The quantitative estimate of drug-likeness (QED) is 0.0929. The van der Waals surface area contributed by atoms with Crippen molar-refractivity contribution in [1.29, 1.82) is 0 Å². The van der Waals surface area contributed by atoms with Crippen molar-refractivity contribution in [3.63, 3.8) is 0 Å². The molecule has 0 N–H and O–H groups in total. The standard InChI is InChI=1S/C35H61N2/c1-3-5-7-9-11-12-13-14-15-16-17-18-20-22-27-31-36-32-33-37(34-28-24-23-25-29-34)35(36)30-26-21-19-10-8-6-4-2/h23-25,28-29,32-33H,3-22,26-27,30-31H2,1-2H3/q+1. The zero-order valence-electron chi connectivity index (χ0n) is 24.9. The third-order valence-electron chi connectivity index (χ3n) is 8.05. The van der Waals surface area contributed by atoms with Crippen molar-refractivity contribution in [3.8, 4) is 5.69 Å². The van der Waals surface area contributed by atoms with Crippen LogP contribution < -0.4 is 4.57 Å². The molecule has 0 amide bonds. The number of hydrogen-bond donors (Lipinski definition) is 0. The lowest BCUT2D eigenvalue weighted by Crippen LogP contribution is -2.37. The second-order valence-electron chi connectivity index (χ2n) is 11.4. The van der Waals surface area contributed by atoms with Crippen LogP contribution in [0.2, 0.25) is 0 Å². The van der Waals surface area contributed by atoms with Crippen LogP contribution in [0.25, 0.3) is 5.69 Å². The fraction of sp³-hybridized carbons (Fsp3) is 0.743. The number of hydrogen-bond acceptors (Lipinski definition) is 0. The van der Waals surface area contributed by atoms with Crippen molar-refractivity contribution in [1.82, 2.24) is 4.57 Å². The summed E-state index contributed by atoms with van der Waals surface area (Å²) in [6.07, 6.45) is 36.9. The monoisotopic (exact) mass is 509 g/mol. The summed E-state index contributed by atoms with van der Waals surface area (Å²) in [7, 11) is 0. The highest BCUT2D eigenvalue weighted by molar-refractivity contribution is 5.31. The fourth-order valence-corrected chi connectivity index (χ4v) is 5.64. The molecule has 2 aromatic rings. The Kier molecular flexibility index (Phi) is 19.2. The summed E-state index contributed by atoms with van der Waals surface area (Å²) >= 11 is 0. The Labute approximate surface area is 231 Å². The Hall–Kier alpha value is -1.57. The second kappa shape index (κ2) is 22.4. The Balaban J connectivity index is 1.60. The number of rotatable bonds is 25. The molecule has 0 aliphatic rings. The molecule has 0 aliphatic heterocycles. The van der Waals surface area contributed by atoms with Crippen LogP contribution in [0.1, 0.15) is 161 Å². The molecule has 210 valence electrons. The maximum atomic E-state index is 2.55. The highest BCUT2D eigenvalue weighted by Crippen LogP contribution is 2.15. The van der Waals surface area contributed by atoms with Gasteiger partial charge in [-0.05, 0) is 31.4 Å². The summed E-state index contributed by atoms with van der Waals surface area (Å²) in [6, 6.07) is 10.9. The van der Waals surface area contributed by atoms with E-state index in [1.165, 1.54) is 166 Å². The van der Waals surface area contributed by atoms with Crippen molar-refractivity contribution >= 4 is 0 Å². The highest BCUT2D eigenvalue weighted by atomic mass is 15.1. The second-order valence-corrected chi connectivity index (χ2v) is 11.4. The first-order chi connectivity index (χ1) is 18.4. The molecule has 0 atom stereocenters. The molecule has 0 bridgehead atoms. The topological polar surface area (TPSA) is 8.81 Å². The maximum absolute atomic E-state index is 2.55. The van der Waals surface area contributed by atoms with E-state index in [9.17, 15) is 0 Å². The Morgan fingerprint density at radius 3 is 1.43 bits per heavy atom. The highest BCUT2D eigenvalue weighted by Gasteiger charge is 2.18. The number of nitrogens with zero attached hydrogens (tertiary/aromatic N) is 2. The van der Waals surface area contributed by atoms with E-state index in [0.717, 1.165) is 0 Å². The average molecular weight is 510 g/mol. The normalized spacial score (nSPS) is 11.4. The van der Waals surface area contributed by atoms with E-state index in [-0.39, 0.29) is 0 Å². The number of aromatic nitrogens is 2. The molecule has 2 rings (SSSR count). The molecule has 0 radical (unpaired) electrons. The maximum Gasteiger partial charge on any atom is 0.261 e. The van der Waals surface area contributed by atoms with Gasteiger partial charge in [0.05, 0.1) is 6.54 Å². The average Bonchev–Trinajstić information content (AvgIpc) is 3.33. The molecule has 0 saturated heterocycles. The minimum absolute atomic E-state index is 1.17. The Morgan fingerprint density at radius 2 is 0.946 bits per heavy atom. The fourth-order valence-electron chi connectivity index (χ4n) is 5.64. The van der Waals surface area contributed by atoms with Gasteiger partial charge in [-0.1, -0.05) is 154 Å². The lowest BCUT2D eigenvalue weighted by atomic mass is 10.0. The van der Waals surface area contributed by atoms with Gasteiger partial charge in [-0.25, -0.2) is 4.57 Å². The first-order valence-electron chi connectivity index (χ1n) is 16.5. The molecule has 1 heterocycles. The van der Waals surface area contributed by atoms with Crippen molar-refractivity contribution < 1.29 is 4.57 Å². The molecule has 2 heteroatoms. The summed E-state index contributed by atoms with van der Waals surface area (Å²) < 4.78 is 4.98. The van der Waals surface area contributed by atoms with Gasteiger partial charge in [0.15, 0.2) is 0 Å². The predicted molar refractivity (Wildman–Crippen MR) is 163 cm³/mol. The molecule has 0 saturated carbocycles. The molecule has 0 fully saturated rings. The van der Waals surface area contributed by atoms with Gasteiger partial charge in [-0.2, -0.15) is 4.57 Å². The zero-order valence-corrected chi connectivity index (χ0v) is 24.9. The summed E-state index contributed by atoms with van der Waals surface area (Å²) in [5, 5.41) is 0. The third-order valence-corrected chi connectivity index (χ3v) is 8.05. The van der Waals surface area contributed by atoms with E-state index < -0.39 is 0 Å². The summed E-state index contributed by atoms with van der Waals surface area (Å²) in [5.74, 6) is 1.49. The number of unbranched alkanes of at least 4 members (excludes halogenated alkanes) is 20. The van der Waals surface area contributed by atoms with Crippen LogP contribution in [0.3, 0.4) is 0 Å². The molecule has 0 unspecified atom stereocenters. The van der Waals surface area contributed by atoms with Gasteiger partial charge in [0.25, 0.3) is 5.82 Å². The van der Waals surface area contributed by atoms with Gasteiger partial charge in [-0.15, -0.1) is 0 Å². The van der Waals surface area contributed by atoms with Crippen LogP contribution in [0.5, 0.6) is 0 Å². The SMILES string of the molecule is CCCCCCCCCCCCCCCCC[n+]1ccn(-c2ccccc2)c1CCCCCCCCC. The van der Waals surface area contributed by atoms with E-state index in [2.05, 4.69) is 65.7 Å². The van der Waals surface area contributed by atoms with Gasteiger partial charge in [0, 0.05) is 6.42 Å². The lowest BCUT2D eigenvalue weighted by molar-refractivity contribution is -0.704. The van der Waals surface area contributed by atoms with Crippen molar-refractivity contribution in [3.05, 3.63) is 48.5 Å². The molecular weight excluding hydrogens is 448 g/mol. The largest absolute Gasteiger partial charge is 0.261 e. The molecule has 1 aromatic carbocycles. The Bertz CT molecular complexity index is 748. The van der Waals surface area contributed by atoms with Gasteiger partial charge >= 0.3 is 0 Å². The van der Waals surface area contributed by atoms with Gasteiger partial charge in [0.1, 0.15) is 18.1 Å². The van der Waals surface area contributed by atoms with Crippen molar-refractivity contribution in [2.24, 2.45) is 0 Å². The van der Waals surface area contributed by atoms with E-state index in [1.54, 1.807) is 0 Å². The Morgan fingerprint density at radius 1 is 0.514 bits per heavy atom. The van der Waals surface area contributed by atoms with E-state index >= 15 is 0 Å². The summed E-state index contributed by atoms with van der Waals surface area (Å²) in [6.45, 7) is 5.77. The first kappa shape index (κ1) is 31.6. The number of para-hydroxylation sites is 1. The molecule has 1 aromatic heterocycles. The van der Waals surface area contributed by atoms with Gasteiger partial charge in [-0.3, -0.25) is 0 Å². The molecule has 37 heavy (non-hydrogen) atoms. The van der Waals surface area contributed by atoms with Gasteiger partial charge < -0.3 is 0 Å². The lowest BCUT2D eigenvalue weighted by Gasteiger charge is -2.06. The molecule has 0 aliphatic carbocycles. The number of aryl methyl sites for hydroxylation is 1. The number of benzene rings is 1. The van der Waals surface area contributed by atoms with Crippen molar-refractivity contribution in [2.75, 3.05) is 0 Å². The molecule has 2 nitrogen and oxygen atoms in total. The van der Waals surface area contributed by atoms with Crippen LogP contribution in [-0.4, -0.2) is 4.57 Å². The number of imidazole rings is 1. The van der Waals surface area contributed by atoms with E-state index in [1.807, 2.05) is 0 Å². The zero-order chi connectivity index (χ0) is 26.2. The van der Waals surface area contributed by atoms with Crippen LogP contribution in [0.15, 0.2) is 42.7 Å². The predicted octanol–water partition coefficient (Wildman–Crippen LogP) is 10.9. The van der Waals surface area contributed by atoms with Crippen LogP contribution in [-0.2, 0) is 13.0 Å². The minimum atomic E-state index is 1.17.